The van der Waals surface area contributed by atoms with E-state index in [1.54, 1.807) is 0 Å². The van der Waals surface area contributed by atoms with Gasteiger partial charge in [-0.15, -0.1) is 0 Å². The van der Waals surface area contributed by atoms with Crippen LogP contribution in [0.15, 0.2) is 59.6 Å². The zero-order chi connectivity index (χ0) is 30.6. The van der Waals surface area contributed by atoms with E-state index in [9.17, 15) is 19.2 Å². The number of nitrogens with two attached hydrogens (primary N) is 2. The fourth-order valence-corrected chi connectivity index (χ4v) is 3.04. The van der Waals surface area contributed by atoms with Gasteiger partial charge in [-0.1, -0.05) is 61.5 Å². The number of nitrogens with zero attached hydrogens (tertiary/aromatic N) is 1. The first-order valence-electron chi connectivity index (χ1n) is 13.1. The summed E-state index contributed by atoms with van der Waals surface area (Å²) in [7, 11) is 1.50. The second-order valence-corrected chi connectivity index (χ2v) is 8.03. The smallest absolute Gasteiger partial charge is 0.303 e. The number of aliphatic imine (C=N–C) groups is 1. The Labute approximate surface area is 237 Å². The summed E-state index contributed by atoms with van der Waals surface area (Å²) in [6, 6.07) is 17.1. The number of rotatable bonds is 13. The highest BCUT2D eigenvalue weighted by molar-refractivity contribution is 5.84. The van der Waals surface area contributed by atoms with Crippen LogP contribution in [0.3, 0.4) is 0 Å². The standard InChI is InChI=1S/C20H22N2O4.C4H10N2.C4H9NO.CH5N/c23-14-22-18(20(26)21-12-4-7-19(24)25)13-15-8-10-17(11-9-15)16-5-2-1-3-6-16;1-2-3-6-4-5;1-3-5-4(2)6;1-2/h1-3,5-6,8-11,14,18H,4,7,12-13H2,(H,21,26)(H,22,23)(H,24,25);4H,2-3H2,1H3,(H2,5,6);3H2,1-2H3,(H,5,6);2H2,1H3. The Kier molecular flexibility index (Phi) is 25.0. The van der Waals surface area contributed by atoms with E-state index >= 15 is 0 Å². The third kappa shape index (κ3) is 20.8. The molecule has 8 N–H and O–H groups in total. The average molecular weight is 559 g/mol. The van der Waals surface area contributed by atoms with E-state index in [0.717, 1.165) is 36.2 Å². The number of carboxylic acid groups (broad SMARTS) is 1. The Bertz CT molecular complexity index is 969. The Balaban J connectivity index is 0. The van der Waals surface area contributed by atoms with Crippen LogP contribution in [-0.2, 0) is 25.6 Å². The van der Waals surface area contributed by atoms with Gasteiger partial charge < -0.3 is 32.5 Å². The average Bonchev–Trinajstić information content (AvgIpc) is 2.96. The predicted octanol–water partition coefficient (Wildman–Crippen LogP) is 2.09. The number of hydrogen-bond acceptors (Lipinski definition) is 6. The Morgan fingerprint density at radius 3 is 2.00 bits per heavy atom. The van der Waals surface area contributed by atoms with Gasteiger partial charge in [0.25, 0.3) is 0 Å². The van der Waals surface area contributed by atoms with Gasteiger partial charge >= 0.3 is 5.97 Å². The van der Waals surface area contributed by atoms with Crippen molar-refractivity contribution in [2.45, 2.75) is 52.5 Å². The van der Waals surface area contributed by atoms with Crippen LogP contribution >= 0.6 is 0 Å². The SMILES string of the molecule is CCCN=CN.CCNC(C)=O.CN.O=CNC(Cc1ccc(-c2ccccc2)cc1)C(=O)NCCCC(=O)O. The summed E-state index contributed by atoms with van der Waals surface area (Å²) in [5.41, 5.74) is 12.5. The van der Waals surface area contributed by atoms with Crippen molar-refractivity contribution in [2.75, 3.05) is 26.7 Å². The quantitative estimate of drug-likeness (QED) is 0.0939. The number of aliphatic carboxylic acids is 1. The van der Waals surface area contributed by atoms with Crippen molar-refractivity contribution < 1.29 is 24.3 Å². The summed E-state index contributed by atoms with van der Waals surface area (Å²) < 4.78 is 0. The minimum Gasteiger partial charge on any atom is -0.481 e. The van der Waals surface area contributed by atoms with Crippen LogP contribution in [0.4, 0.5) is 0 Å². The fraction of sp³-hybridized carbons (Fsp3) is 0.414. The van der Waals surface area contributed by atoms with Gasteiger partial charge in [0, 0.05) is 39.4 Å². The first-order chi connectivity index (χ1) is 19.3. The lowest BCUT2D eigenvalue weighted by atomic mass is 10.0. The highest BCUT2D eigenvalue weighted by Crippen LogP contribution is 2.19. The molecule has 1 atom stereocenters. The third-order valence-corrected chi connectivity index (χ3v) is 4.84. The lowest BCUT2D eigenvalue weighted by molar-refractivity contribution is -0.137. The largest absolute Gasteiger partial charge is 0.481 e. The van der Waals surface area contributed by atoms with Crippen LogP contribution in [0.5, 0.6) is 0 Å². The molecular formula is C29H46N6O5. The Hall–Kier alpha value is -4.25. The number of amides is 3. The van der Waals surface area contributed by atoms with Gasteiger partial charge in [-0.05, 0) is 43.5 Å². The zero-order valence-electron chi connectivity index (χ0n) is 24.1. The van der Waals surface area contributed by atoms with Crippen molar-refractivity contribution in [3.63, 3.8) is 0 Å². The first kappa shape index (κ1) is 37.9. The van der Waals surface area contributed by atoms with E-state index in [2.05, 4.69) is 33.6 Å². The summed E-state index contributed by atoms with van der Waals surface area (Å²) in [4.78, 5) is 47.1. The number of benzene rings is 2. The Morgan fingerprint density at radius 1 is 0.975 bits per heavy atom. The van der Waals surface area contributed by atoms with Gasteiger partial charge in [0.05, 0.1) is 6.34 Å². The predicted molar refractivity (Wildman–Crippen MR) is 161 cm³/mol. The lowest BCUT2D eigenvalue weighted by Crippen LogP contribution is -2.45. The molecule has 2 rings (SSSR count). The maximum atomic E-state index is 12.2. The maximum absolute atomic E-state index is 12.2. The molecule has 3 amide bonds. The molecule has 2 aromatic carbocycles. The van der Waals surface area contributed by atoms with Crippen LogP contribution in [0.1, 0.15) is 45.6 Å². The lowest BCUT2D eigenvalue weighted by Gasteiger charge is -2.16. The third-order valence-electron chi connectivity index (χ3n) is 4.84. The van der Waals surface area contributed by atoms with Gasteiger partial charge in [-0.3, -0.25) is 24.2 Å². The molecule has 0 aromatic heterocycles. The van der Waals surface area contributed by atoms with Gasteiger partial charge in [0.15, 0.2) is 0 Å². The molecule has 222 valence electrons. The molecule has 0 radical (unpaired) electrons. The molecule has 11 heteroatoms. The van der Waals surface area contributed by atoms with E-state index in [1.165, 1.54) is 20.3 Å². The summed E-state index contributed by atoms with van der Waals surface area (Å²) in [6.45, 7) is 7.30. The van der Waals surface area contributed by atoms with E-state index in [1.807, 2.05) is 61.5 Å². The van der Waals surface area contributed by atoms with Crippen molar-refractivity contribution in [1.29, 1.82) is 0 Å². The van der Waals surface area contributed by atoms with E-state index < -0.39 is 12.0 Å². The van der Waals surface area contributed by atoms with Crippen molar-refractivity contribution >= 4 is 30.5 Å². The number of nitrogens with one attached hydrogen (secondary N) is 3. The number of carbonyl (C=O) groups is 4. The molecule has 0 saturated carbocycles. The molecule has 1 unspecified atom stereocenters. The minimum absolute atomic E-state index is 0.00694. The summed E-state index contributed by atoms with van der Waals surface area (Å²) in [6.07, 6.45) is 3.61. The van der Waals surface area contributed by atoms with Crippen LogP contribution in [-0.4, -0.2) is 68.4 Å². The van der Waals surface area contributed by atoms with E-state index in [0.29, 0.717) is 19.3 Å². The summed E-state index contributed by atoms with van der Waals surface area (Å²) in [5, 5.41) is 16.3. The van der Waals surface area contributed by atoms with Crippen molar-refractivity contribution in [3.8, 4) is 11.1 Å². The van der Waals surface area contributed by atoms with Gasteiger partial charge in [0.1, 0.15) is 6.04 Å². The molecule has 0 saturated heterocycles. The number of hydrogen-bond donors (Lipinski definition) is 6. The Morgan fingerprint density at radius 2 is 1.57 bits per heavy atom. The van der Waals surface area contributed by atoms with Gasteiger partial charge in [-0.2, -0.15) is 0 Å². The van der Waals surface area contributed by atoms with Crippen LogP contribution in [0.2, 0.25) is 0 Å². The molecule has 40 heavy (non-hydrogen) atoms. The van der Waals surface area contributed by atoms with Crippen molar-refractivity contribution in [3.05, 3.63) is 60.2 Å². The molecule has 0 aliphatic heterocycles. The maximum Gasteiger partial charge on any atom is 0.303 e. The molecule has 0 fully saturated rings. The molecule has 0 bridgehead atoms. The molecular weight excluding hydrogens is 512 g/mol. The van der Waals surface area contributed by atoms with E-state index in [-0.39, 0.29) is 24.8 Å². The van der Waals surface area contributed by atoms with Crippen molar-refractivity contribution in [1.82, 2.24) is 16.0 Å². The van der Waals surface area contributed by atoms with Crippen LogP contribution in [0.25, 0.3) is 11.1 Å². The summed E-state index contributed by atoms with van der Waals surface area (Å²) in [5.74, 6) is -1.19. The topological polar surface area (TPSA) is 189 Å². The number of carbonyl (C=O) groups excluding carboxylic acids is 3. The number of carboxylic acids is 1. The normalized spacial score (nSPS) is 10.2. The van der Waals surface area contributed by atoms with Crippen LogP contribution in [0, 0.1) is 0 Å². The van der Waals surface area contributed by atoms with E-state index in [4.69, 9.17) is 10.8 Å². The van der Waals surface area contributed by atoms with Gasteiger partial charge in [0.2, 0.25) is 18.2 Å². The van der Waals surface area contributed by atoms with Crippen LogP contribution < -0.4 is 27.4 Å². The highest BCUT2D eigenvalue weighted by Gasteiger charge is 2.17. The van der Waals surface area contributed by atoms with Crippen molar-refractivity contribution in [2.24, 2.45) is 16.5 Å². The second kappa shape index (κ2) is 26.4. The first-order valence-corrected chi connectivity index (χ1v) is 13.1. The second-order valence-electron chi connectivity index (χ2n) is 8.03. The monoisotopic (exact) mass is 558 g/mol. The highest BCUT2D eigenvalue weighted by atomic mass is 16.4. The molecule has 11 nitrogen and oxygen atoms in total. The molecule has 2 aromatic rings. The molecule has 0 aliphatic rings. The molecule has 0 spiro atoms. The minimum atomic E-state index is -0.902. The van der Waals surface area contributed by atoms with Gasteiger partial charge in [-0.25, -0.2) is 0 Å². The fourth-order valence-electron chi connectivity index (χ4n) is 3.04. The molecule has 0 heterocycles. The molecule has 0 aliphatic carbocycles. The summed E-state index contributed by atoms with van der Waals surface area (Å²) >= 11 is 0. The zero-order valence-corrected chi connectivity index (χ0v) is 24.1.